The highest BCUT2D eigenvalue weighted by molar-refractivity contribution is 7.84. The molecular weight excluding hydrogens is 324 g/mol. The van der Waals surface area contributed by atoms with Crippen LogP contribution in [0.2, 0.25) is 0 Å². The lowest BCUT2D eigenvalue weighted by atomic mass is 10.2. The first-order chi connectivity index (χ1) is 11.7. The van der Waals surface area contributed by atoms with Crippen LogP contribution in [0.15, 0.2) is 59.1 Å². The Hall–Kier alpha value is -2.47. The van der Waals surface area contributed by atoms with E-state index in [1.807, 2.05) is 54.6 Å². The van der Waals surface area contributed by atoms with Crippen molar-refractivity contribution in [3.63, 3.8) is 0 Å². The maximum Gasteiger partial charge on any atom is 0.239 e. The Labute approximate surface area is 143 Å². The van der Waals surface area contributed by atoms with Gasteiger partial charge in [-0.3, -0.25) is 4.21 Å². The molecule has 0 aliphatic heterocycles. The molecule has 0 aliphatic rings. The van der Waals surface area contributed by atoms with Crippen LogP contribution in [0, 0.1) is 0 Å². The highest BCUT2D eigenvalue weighted by Gasteiger charge is 2.12. The molecule has 3 aromatic rings. The van der Waals surface area contributed by atoms with Crippen molar-refractivity contribution in [1.29, 1.82) is 0 Å². The molecule has 0 fully saturated rings. The van der Waals surface area contributed by atoms with Gasteiger partial charge in [-0.05, 0) is 24.1 Å². The Bertz CT molecular complexity index is 818. The second-order valence-electron chi connectivity index (χ2n) is 5.27. The highest BCUT2D eigenvalue weighted by Crippen LogP contribution is 2.21. The van der Waals surface area contributed by atoms with Crippen LogP contribution in [0.1, 0.15) is 11.5 Å². The summed E-state index contributed by atoms with van der Waals surface area (Å²) in [5.74, 6) is 2.43. The fourth-order valence-corrected chi connectivity index (χ4v) is 3.28. The summed E-state index contributed by atoms with van der Waals surface area (Å²) in [7, 11) is 0.566. The SMILES string of the molecule is COc1cccc(-c2noc(CS(=O)CCc3ccccc3)n2)c1. The van der Waals surface area contributed by atoms with E-state index in [-0.39, 0.29) is 5.75 Å². The zero-order valence-corrected chi connectivity index (χ0v) is 14.2. The van der Waals surface area contributed by atoms with E-state index < -0.39 is 10.8 Å². The van der Waals surface area contributed by atoms with Gasteiger partial charge >= 0.3 is 0 Å². The van der Waals surface area contributed by atoms with Gasteiger partial charge in [-0.25, -0.2) is 0 Å². The van der Waals surface area contributed by atoms with E-state index in [2.05, 4.69) is 10.1 Å². The predicted octanol–water partition coefficient (Wildman–Crippen LogP) is 3.24. The van der Waals surface area contributed by atoms with E-state index in [1.165, 1.54) is 5.56 Å². The van der Waals surface area contributed by atoms with Crippen molar-refractivity contribution in [2.45, 2.75) is 12.2 Å². The minimum Gasteiger partial charge on any atom is -0.497 e. The molecule has 1 unspecified atom stereocenters. The lowest BCUT2D eigenvalue weighted by Crippen LogP contribution is -2.04. The minimum absolute atomic E-state index is 0.268. The van der Waals surface area contributed by atoms with Gasteiger partial charge in [-0.15, -0.1) is 0 Å². The van der Waals surface area contributed by atoms with Crippen LogP contribution in [0.5, 0.6) is 5.75 Å². The van der Waals surface area contributed by atoms with Crippen LogP contribution in [-0.4, -0.2) is 27.2 Å². The van der Waals surface area contributed by atoms with E-state index in [1.54, 1.807) is 7.11 Å². The Kier molecular flexibility index (Phi) is 5.38. The lowest BCUT2D eigenvalue weighted by molar-refractivity contribution is 0.390. The van der Waals surface area contributed by atoms with E-state index in [0.717, 1.165) is 17.7 Å². The third kappa shape index (κ3) is 4.29. The van der Waals surface area contributed by atoms with Crippen LogP contribution < -0.4 is 4.74 Å². The molecule has 0 bridgehead atoms. The first-order valence-electron chi connectivity index (χ1n) is 7.60. The number of methoxy groups -OCH3 is 1. The third-order valence-electron chi connectivity index (χ3n) is 3.54. The Balaban J connectivity index is 1.60. The summed E-state index contributed by atoms with van der Waals surface area (Å²) in [6, 6.07) is 17.4. The minimum atomic E-state index is -1.04. The number of benzene rings is 2. The number of aromatic nitrogens is 2. The number of ether oxygens (including phenoxy) is 1. The topological polar surface area (TPSA) is 65.2 Å². The van der Waals surface area contributed by atoms with Gasteiger partial charge in [0.05, 0.1) is 7.11 Å². The first kappa shape index (κ1) is 16.4. The van der Waals surface area contributed by atoms with Gasteiger partial charge in [0, 0.05) is 22.1 Å². The van der Waals surface area contributed by atoms with Crippen molar-refractivity contribution in [1.82, 2.24) is 10.1 Å². The zero-order chi connectivity index (χ0) is 16.8. The Morgan fingerprint density at radius 1 is 1.12 bits per heavy atom. The summed E-state index contributed by atoms with van der Waals surface area (Å²) in [4.78, 5) is 4.32. The molecule has 0 aliphatic carbocycles. The van der Waals surface area contributed by atoms with Gasteiger partial charge in [0.2, 0.25) is 11.7 Å². The van der Waals surface area contributed by atoms with Crippen molar-refractivity contribution in [3.8, 4) is 17.1 Å². The molecule has 0 radical (unpaired) electrons. The highest BCUT2D eigenvalue weighted by atomic mass is 32.2. The third-order valence-corrected chi connectivity index (χ3v) is 4.77. The molecule has 3 rings (SSSR count). The lowest BCUT2D eigenvalue weighted by Gasteiger charge is -2.00. The van der Waals surface area contributed by atoms with Crippen molar-refractivity contribution >= 4 is 10.8 Å². The molecule has 124 valence electrons. The maximum atomic E-state index is 12.2. The van der Waals surface area contributed by atoms with Gasteiger partial charge in [-0.1, -0.05) is 47.6 Å². The molecule has 0 amide bonds. The van der Waals surface area contributed by atoms with Crippen molar-refractivity contribution in [3.05, 3.63) is 66.1 Å². The van der Waals surface area contributed by atoms with E-state index >= 15 is 0 Å². The van der Waals surface area contributed by atoms with Crippen LogP contribution in [-0.2, 0) is 23.0 Å². The molecule has 0 saturated heterocycles. The van der Waals surface area contributed by atoms with Crippen molar-refractivity contribution in [2.24, 2.45) is 0 Å². The second-order valence-corrected chi connectivity index (χ2v) is 6.84. The Morgan fingerprint density at radius 3 is 2.75 bits per heavy atom. The van der Waals surface area contributed by atoms with Gasteiger partial charge in [0.25, 0.3) is 0 Å². The van der Waals surface area contributed by atoms with E-state index in [0.29, 0.717) is 17.5 Å². The maximum absolute atomic E-state index is 12.2. The van der Waals surface area contributed by atoms with Crippen LogP contribution in [0.4, 0.5) is 0 Å². The summed E-state index contributed by atoms with van der Waals surface area (Å²) in [6.07, 6.45) is 0.768. The summed E-state index contributed by atoms with van der Waals surface area (Å²) in [5, 5.41) is 3.96. The fraction of sp³-hybridized carbons (Fsp3) is 0.222. The molecule has 5 nitrogen and oxygen atoms in total. The average Bonchev–Trinajstić information content (AvgIpc) is 3.09. The molecule has 1 aromatic heterocycles. The second kappa shape index (κ2) is 7.88. The van der Waals surface area contributed by atoms with Crippen LogP contribution in [0.25, 0.3) is 11.4 Å². The standard InChI is InChI=1S/C18H18N2O3S/c1-22-16-9-5-8-15(12-16)18-19-17(23-20-18)13-24(21)11-10-14-6-3-2-4-7-14/h2-9,12H,10-11,13H2,1H3. The van der Waals surface area contributed by atoms with Crippen molar-refractivity contribution < 1.29 is 13.5 Å². The molecular formula is C18H18N2O3S. The molecule has 1 atom stereocenters. The summed E-state index contributed by atoms with van der Waals surface area (Å²) in [6.45, 7) is 0. The number of hydrogen-bond donors (Lipinski definition) is 0. The molecule has 2 aromatic carbocycles. The zero-order valence-electron chi connectivity index (χ0n) is 13.3. The van der Waals surface area contributed by atoms with E-state index in [9.17, 15) is 4.21 Å². The first-order valence-corrected chi connectivity index (χ1v) is 9.09. The largest absolute Gasteiger partial charge is 0.497 e. The smallest absolute Gasteiger partial charge is 0.239 e. The summed E-state index contributed by atoms with van der Waals surface area (Å²) < 4.78 is 22.6. The quantitative estimate of drug-likeness (QED) is 0.659. The van der Waals surface area contributed by atoms with Gasteiger partial charge < -0.3 is 9.26 Å². The van der Waals surface area contributed by atoms with E-state index in [4.69, 9.17) is 9.26 Å². The van der Waals surface area contributed by atoms with Crippen LogP contribution in [0.3, 0.4) is 0 Å². The van der Waals surface area contributed by atoms with Gasteiger partial charge in [0.15, 0.2) is 0 Å². The molecule has 6 heteroatoms. The monoisotopic (exact) mass is 342 g/mol. The normalized spacial score (nSPS) is 12.0. The summed E-state index contributed by atoms with van der Waals surface area (Å²) >= 11 is 0. The number of nitrogens with zero attached hydrogens (tertiary/aromatic N) is 2. The number of aryl methyl sites for hydroxylation is 1. The molecule has 1 heterocycles. The molecule has 0 saturated carbocycles. The van der Waals surface area contributed by atoms with Gasteiger partial charge in [-0.2, -0.15) is 4.98 Å². The number of rotatable bonds is 7. The fourth-order valence-electron chi connectivity index (χ4n) is 2.28. The van der Waals surface area contributed by atoms with Crippen molar-refractivity contribution in [2.75, 3.05) is 12.9 Å². The number of hydrogen-bond acceptors (Lipinski definition) is 5. The molecule has 0 spiro atoms. The Morgan fingerprint density at radius 2 is 1.96 bits per heavy atom. The molecule has 0 N–H and O–H groups in total. The van der Waals surface area contributed by atoms with Gasteiger partial charge in [0.1, 0.15) is 11.5 Å². The van der Waals surface area contributed by atoms with Crippen LogP contribution >= 0.6 is 0 Å². The predicted molar refractivity (Wildman–Crippen MR) is 93.1 cm³/mol. The average molecular weight is 342 g/mol. The summed E-state index contributed by atoms with van der Waals surface area (Å²) in [5.41, 5.74) is 1.98. The molecule has 24 heavy (non-hydrogen) atoms.